The van der Waals surface area contributed by atoms with Crippen LogP contribution in [0.3, 0.4) is 0 Å². The van der Waals surface area contributed by atoms with Crippen LogP contribution >= 0.6 is 11.3 Å². The lowest BCUT2D eigenvalue weighted by molar-refractivity contribution is -0.123. The van der Waals surface area contributed by atoms with Crippen LogP contribution in [-0.4, -0.2) is 72.4 Å². The van der Waals surface area contributed by atoms with E-state index in [4.69, 9.17) is 0 Å². The van der Waals surface area contributed by atoms with Crippen molar-refractivity contribution in [2.24, 2.45) is 0 Å². The van der Waals surface area contributed by atoms with Crippen LogP contribution in [0.5, 0.6) is 0 Å². The predicted molar refractivity (Wildman–Crippen MR) is 86.9 cm³/mol. The molecule has 1 aromatic heterocycles. The van der Waals surface area contributed by atoms with E-state index in [1.807, 2.05) is 12.3 Å². The van der Waals surface area contributed by atoms with Crippen LogP contribution in [0.25, 0.3) is 0 Å². The molecule has 0 unspecified atom stereocenters. The molecule has 7 nitrogen and oxygen atoms in total. The van der Waals surface area contributed by atoms with E-state index in [9.17, 15) is 9.59 Å². The number of hydrogen-bond donors (Lipinski definition) is 2. The Balaban J connectivity index is 1.64. The van der Waals surface area contributed by atoms with Crippen LogP contribution in [0, 0.1) is 0 Å². The lowest BCUT2D eigenvalue weighted by Gasteiger charge is -2.33. The van der Waals surface area contributed by atoms with Gasteiger partial charge in [0, 0.05) is 44.3 Å². The number of anilines is 1. The van der Waals surface area contributed by atoms with Gasteiger partial charge in [0.15, 0.2) is 5.13 Å². The molecule has 8 heteroatoms. The maximum atomic E-state index is 11.9. The molecule has 0 radical (unpaired) electrons. The Kier molecular flexibility index (Phi) is 6.75. The summed E-state index contributed by atoms with van der Waals surface area (Å²) in [5.74, 6) is 0.0425. The number of carbonyl (C=O) groups is 2. The highest BCUT2D eigenvalue weighted by atomic mass is 32.1. The summed E-state index contributed by atoms with van der Waals surface area (Å²) < 4.78 is 0. The van der Waals surface area contributed by atoms with Gasteiger partial charge in [-0.15, -0.1) is 11.3 Å². The average molecular weight is 325 g/mol. The Morgan fingerprint density at radius 1 is 1.18 bits per heavy atom. The molecule has 0 bridgehead atoms. The number of piperazine rings is 1. The molecular weight excluding hydrogens is 302 g/mol. The van der Waals surface area contributed by atoms with Gasteiger partial charge in [0.1, 0.15) is 0 Å². The van der Waals surface area contributed by atoms with Gasteiger partial charge in [-0.1, -0.05) is 6.92 Å². The standard InChI is InChI=1S/C14H23N5O2S/c1-2-3-15-12(20)10-18-5-7-19(8-6-18)11-13(21)17-14-16-4-9-22-14/h4,9H,2-3,5-8,10-11H2,1H3,(H,15,20)(H,16,17,21). The Bertz CT molecular complexity index is 472. The van der Waals surface area contributed by atoms with Crippen molar-refractivity contribution < 1.29 is 9.59 Å². The maximum Gasteiger partial charge on any atom is 0.240 e. The second-order valence-corrected chi connectivity index (χ2v) is 6.18. The molecule has 2 heterocycles. The zero-order valence-electron chi connectivity index (χ0n) is 12.9. The molecule has 1 aliphatic heterocycles. The molecule has 0 aliphatic carbocycles. The number of hydrogen-bond acceptors (Lipinski definition) is 6. The molecule has 1 aliphatic rings. The SMILES string of the molecule is CCCNC(=O)CN1CCN(CC(=O)Nc2nccs2)CC1. The smallest absolute Gasteiger partial charge is 0.240 e. The van der Waals surface area contributed by atoms with Gasteiger partial charge in [-0.2, -0.15) is 0 Å². The third-order valence-corrected chi connectivity index (χ3v) is 4.14. The first-order chi connectivity index (χ1) is 10.7. The molecule has 1 fully saturated rings. The first-order valence-electron chi connectivity index (χ1n) is 7.58. The van der Waals surface area contributed by atoms with Crippen LogP contribution in [0.4, 0.5) is 5.13 Å². The fraction of sp³-hybridized carbons (Fsp3) is 0.643. The molecule has 1 saturated heterocycles. The van der Waals surface area contributed by atoms with E-state index in [2.05, 4.69) is 25.4 Å². The Morgan fingerprint density at radius 2 is 1.82 bits per heavy atom. The number of nitrogens with one attached hydrogen (secondary N) is 2. The van der Waals surface area contributed by atoms with Crippen LogP contribution in [0.2, 0.25) is 0 Å². The minimum atomic E-state index is -0.0379. The summed E-state index contributed by atoms with van der Waals surface area (Å²) >= 11 is 1.41. The lowest BCUT2D eigenvalue weighted by atomic mass is 10.3. The Hall–Kier alpha value is -1.51. The predicted octanol–water partition coefficient (Wildman–Crippen LogP) is 0.225. The molecule has 0 aromatic carbocycles. The van der Waals surface area contributed by atoms with E-state index in [-0.39, 0.29) is 11.8 Å². The molecule has 2 amide bonds. The second-order valence-electron chi connectivity index (χ2n) is 5.29. The molecule has 22 heavy (non-hydrogen) atoms. The van der Waals surface area contributed by atoms with Crippen molar-refractivity contribution in [3.63, 3.8) is 0 Å². The van der Waals surface area contributed by atoms with E-state index in [1.54, 1.807) is 6.20 Å². The summed E-state index contributed by atoms with van der Waals surface area (Å²) in [6, 6.07) is 0. The number of amides is 2. The highest BCUT2D eigenvalue weighted by Crippen LogP contribution is 2.10. The monoisotopic (exact) mass is 325 g/mol. The van der Waals surface area contributed by atoms with E-state index in [1.165, 1.54) is 11.3 Å². The van der Waals surface area contributed by atoms with Crippen molar-refractivity contribution in [3.8, 4) is 0 Å². The topological polar surface area (TPSA) is 77.6 Å². The van der Waals surface area contributed by atoms with Gasteiger partial charge < -0.3 is 10.6 Å². The zero-order valence-corrected chi connectivity index (χ0v) is 13.7. The van der Waals surface area contributed by atoms with Gasteiger partial charge in [0.25, 0.3) is 0 Å². The molecule has 0 saturated carbocycles. The molecule has 0 atom stereocenters. The van der Waals surface area contributed by atoms with Crippen molar-refractivity contribution in [1.29, 1.82) is 0 Å². The van der Waals surface area contributed by atoms with Gasteiger partial charge in [-0.3, -0.25) is 19.4 Å². The summed E-state index contributed by atoms with van der Waals surface area (Å²) in [6.07, 6.45) is 2.62. The summed E-state index contributed by atoms with van der Waals surface area (Å²) in [7, 11) is 0. The third kappa shape index (κ3) is 5.70. The summed E-state index contributed by atoms with van der Waals surface area (Å²) in [5, 5.41) is 8.14. The minimum absolute atomic E-state index is 0.0379. The van der Waals surface area contributed by atoms with Gasteiger partial charge >= 0.3 is 0 Å². The van der Waals surface area contributed by atoms with Gasteiger partial charge in [0.2, 0.25) is 11.8 Å². The third-order valence-electron chi connectivity index (χ3n) is 3.45. The van der Waals surface area contributed by atoms with Crippen molar-refractivity contribution in [3.05, 3.63) is 11.6 Å². The van der Waals surface area contributed by atoms with Crippen molar-refractivity contribution >= 4 is 28.3 Å². The lowest BCUT2D eigenvalue weighted by Crippen LogP contribution is -2.51. The fourth-order valence-corrected chi connectivity index (χ4v) is 2.82. The highest BCUT2D eigenvalue weighted by molar-refractivity contribution is 7.13. The first kappa shape index (κ1) is 16.9. The second kappa shape index (κ2) is 8.82. The van der Waals surface area contributed by atoms with Gasteiger partial charge in [0.05, 0.1) is 13.1 Å². The molecule has 0 spiro atoms. The van der Waals surface area contributed by atoms with Crippen LogP contribution in [0.15, 0.2) is 11.6 Å². The number of carbonyl (C=O) groups excluding carboxylic acids is 2. The van der Waals surface area contributed by atoms with Crippen molar-refractivity contribution in [2.75, 3.05) is 51.1 Å². The maximum absolute atomic E-state index is 11.9. The van der Waals surface area contributed by atoms with E-state index < -0.39 is 0 Å². The quantitative estimate of drug-likeness (QED) is 0.750. The van der Waals surface area contributed by atoms with E-state index >= 15 is 0 Å². The Labute approximate surface area is 134 Å². The van der Waals surface area contributed by atoms with Gasteiger partial charge in [-0.25, -0.2) is 4.98 Å². The van der Waals surface area contributed by atoms with E-state index in [0.29, 0.717) is 18.2 Å². The van der Waals surface area contributed by atoms with Gasteiger partial charge in [-0.05, 0) is 6.42 Å². The molecule has 2 N–H and O–H groups in total. The van der Waals surface area contributed by atoms with Crippen molar-refractivity contribution in [1.82, 2.24) is 20.1 Å². The molecule has 2 rings (SSSR count). The minimum Gasteiger partial charge on any atom is -0.355 e. The van der Waals surface area contributed by atoms with E-state index in [0.717, 1.165) is 39.1 Å². The molecule has 122 valence electrons. The first-order valence-corrected chi connectivity index (χ1v) is 8.46. The summed E-state index contributed by atoms with van der Waals surface area (Å²) in [4.78, 5) is 31.8. The molecule has 1 aromatic rings. The zero-order chi connectivity index (χ0) is 15.8. The van der Waals surface area contributed by atoms with Crippen LogP contribution in [0.1, 0.15) is 13.3 Å². The normalized spacial score (nSPS) is 16.4. The average Bonchev–Trinajstić information content (AvgIpc) is 3.00. The molecular formula is C14H23N5O2S. The Morgan fingerprint density at radius 3 is 2.36 bits per heavy atom. The van der Waals surface area contributed by atoms with Crippen LogP contribution in [-0.2, 0) is 9.59 Å². The van der Waals surface area contributed by atoms with Crippen molar-refractivity contribution in [2.45, 2.75) is 13.3 Å². The number of nitrogens with zero attached hydrogens (tertiary/aromatic N) is 3. The summed E-state index contributed by atoms with van der Waals surface area (Å²) in [5.41, 5.74) is 0. The largest absolute Gasteiger partial charge is 0.355 e. The fourth-order valence-electron chi connectivity index (χ4n) is 2.28. The number of aromatic nitrogens is 1. The summed E-state index contributed by atoms with van der Waals surface area (Å²) in [6.45, 7) is 6.80. The number of thiazole rings is 1. The highest BCUT2D eigenvalue weighted by Gasteiger charge is 2.20. The van der Waals surface area contributed by atoms with Crippen LogP contribution < -0.4 is 10.6 Å². The number of rotatable bonds is 7.